The first-order chi connectivity index (χ1) is 7.78. The molecule has 1 aliphatic heterocycles. The number of hydrogen-bond acceptors (Lipinski definition) is 4. The highest BCUT2D eigenvalue weighted by molar-refractivity contribution is 5.52. The van der Waals surface area contributed by atoms with E-state index in [1.807, 2.05) is 24.3 Å². The Balaban J connectivity index is 1.87. The smallest absolute Gasteiger partial charge is 0.133 e. The fourth-order valence-corrected chi connectivity index (χ4v) is 1.90. The first-order valence-corrected chi connectivity index (χ1v) is 5.46. The molecule has 1 fully saturated rings. The van der Waals surface area contributed by atoms with E-state index in [0.717, 1.165) is 37.2 Å². The van der Waals surface area contributed by atoms with E-state index in [-0.39, 0.29) is 6.10 Å². The number of nitrogens with zero attached hydrogens (tertiary/aromatic N) is 1. The summed E-state index contributed by atoms with van der Waals surface area (Å²) >= 11 is 0. The lowest BCUT2D eigenvalue weighted by Gasteiger charge is -2.14. The van der Waals surface area contributed by atoms with Crippen LogP contribution in [0.25, 0.3) is 0 Å². The zero-order chi connectivity index (χ0) is 11.4. The highest BCUT2D eigenvalue weighted by Crippen LogP contribution is 2.19. The largest absolute Gasteiger partial charge is 0.489 e. The van der Waals surface area contributed by atoms with E-state index in [4.69, 9.17) is 10.5 Å². The van der Waals surface area contributed by atoms with Gasteiger partial charge >= 0.3 is 0 Å². The fourth-order valence-electron chi connectivity index (χ4n) is 1.90. The van der Waals surface area contributed by atoms with Crippen molar-refractivity contribution in [3.05, 3.63) is 24.3 Å². The van der Waals surface area contributed by atoms with Gasteiger partial charge in [-0.15, -0.1) is 0 Å². The van der Waals surface area contributed by atoms with Crippen molar-refractivity contribution in [2.24, 2.45) is 0 Å². The van der Waals surface area contributed by atoms with Crippen LogP contribution < -0.4 is 10.5 Å². The van der Waals surface area contributed by atoms with Gasteiger partial charge in [0, 0.05) is 18.8 Å². The molecule has 1 heterocycles. The summed E-state index contributed by atoms with van der Waals surface area (Å²) in [4.78, 5) is 12.5. The molecule has 0 saturated carbocycles. The zero-order valence-electron chi connectivity index (χ0n) is 9.13. The quantitative estimate of drug-likeness (QED) is 0.605. The SMILES string of the molecule is Nc1ccc(OC2CCN(CC=O)C2)cc1. The van der Waals surface area contributed by atoms with Gasteiger partial charge in [0.1, 0.15) is 18.1 Å². The van der Waals surface area contributed by atoms with Gasteiger partial charge in [0.2, 0.25) is 0 Å². The first-order valence-electron chi connectivity index (χ1n) is 5.46. The van der Waals surface area contributed by atoms with Crippen LogP contribution in [0.4, 0.5) is 5.69 Å². The molecule has 1 aromatic rings. The van der Waals surface area contributed by atoms with Crippen LogP contribution in [0.5, 0.6) is 5.75 Å². The second-order valence-corrected chi connectivity index (χ2v) is 4.02. The molecule has 1 aromatic carbocycles. The molecular weight excluding hydrogens is 204 g/mol. The van der Waals surface area contributed by atoms with Gasteiger partial charge in [0.25, 0.3) is 0 Å². The van der Waals surface area contributed by atoms with E-state index in [9.17, 15) is 4.79 Å². The van der Waals surface area contributed by atoms with E-state index in [2.05, 4.69) is 4.90 Å². The molecule has 0 bridgehead atoms. The zero-order valence-corrected chi connectivity index (χ0v) is 9.13. The second-order valence-electron chi connectivity index (χ2n) is 4.02. The molecule has 86 valence electrons. The van der Waals surface area contributed by atoms with Crippen molar-refractivity contribution in [3.63, 3.8) is 0 Å². The van der Waals surface area contributed by atoms with Crippen molar-refractivity contribution in [1.29, 1.82) is 0 Å². The summed E-state index contributed by atoms with van der Waals surface area (Å²) in [5.74, 6) is 0.840. The van der Waals surface area contributed by atoms with Crippen LogP contribution in [0.15, 0.2) is 24.3 Å². The van der Waals surface area contributed by atoms with E-state index >= 15 is 0 Å². The molecule has 0 aromatic heterocycles. The molecule has 4 nitrogen and oxygen atoms in total. The van der Waals surface area contributed by atoms with Gasteiger partial charge < -0.3 is 15.3 Å². The maximum Gasteiger partial charge on any atom is 0.133 e. The summed E-state index contributed by atoms with van der Waals surface area (Å²) in [6.45, 7) is 2.25. The number of nitrogen functional groups attached to an aromatic ring is 1. The van der Waals surface area contributed by atoms with Crippen LogP contribution in [0.3, 0.4) is 0 Å². The molecule has 4 heteroatoms. The minimum Gasteiger partial charge on any atom is -0.489 e. The van der Waals surface area contributed by atoms with Crippen LogP contribution in [-0.2, 0) is 4.79 Å². The Morgan fingerprint density at radius 3 is 2.88 bits per heavy atom. The van der Waals surface area contributed by atoms with Gasteiger partial charge in [-0.25, -0.2) is 0 Å². The normalized spacial score (nSPS) is 20.9. The van der Waals surface area contributed by atoms with Crippen LogP contribution in [0.1, 0.15) is 6.42 Å². The van der Waals surface area contributed by atoms with Crippen molar-refractivity contribution < 1.29 is 9.53 Å². The Bertz CT molecular complexity index is 351. The van der Waals surface area contributed by atoms with Gasteiger partial charge in [-0.2, -0.15) is 0 Å². The van der Waals surface area contributed by atoms with E-state index < -0.39 is 0 Å². The van der Waals surface area contributed by atoms with Crippen molar-refractivity contribution in [1.82, 2.24) is 4.90 Å². The Morgan fingerprint density at radius 1 is 1.44 bits per heavy atom. The molecule has 16 heavy (non-hydrogen) atoms. The molecule has 1 aliphatic rings. The predicted molar refractivity (Wildman–Crippen MR) is 62.4 cm³/mol. The molecule has 1 saturated heterocycles. The summed E-state index contributed by atoms with van der Waals surface area (Å²) in [6.07, 6.45) is 2.09. The summed E-state index contributed by atoms with van der Waals surface area (Å²) in [5.41, 5.74) is 6.33. The number of nitrogens with two attached hydrogens (primary N) is 1. The predicted octanol–water partition coefficient (Wildman–Crippen LogP) is 0.921. The lowest BCUT2D eigenvalue weighted by Crippen LogP contribution is -2.26. The number of hydrogen-bond donors (Lipinski definition) is 1. The third-order valence-corrected chi connectivity index (χ3v) is 2.74. The Hall–Kier alpha value is -1.55. The monoisotopic (exact) mass is 220 g/mol. The molecule has 0 spiro atoms. The average molecular weight is 220 g/mol. The minimum atomic E-state index is 0.184. The molecule has 0 amide bonds. The second kappa shape index (κ2) is 4.99. The van der Waals surface area contributed by atoms with Crippen molar-refractivity contribution in [2.45, 2.75) is 12.5 Å². The third-order valence-electron chi connectivity index (χ3n) is 2.74. The van der Waals surface area contributed by atoms with Gasteiger partial charge in [-0.1, -0.05) is 0 Å². The third kappa shape index (κ3) is 2.73. The maximum absolute atomic E-state index is 10.4. The number of likely N-dealkylation sites (tertiary alicyclic amines) is 1. The Labute approximate surface area is 95.0 Å². The topological polar surface area (TPSA) is 55.6 Å². The number of benzene rings is 1. The Kier molecular flexibility index (Phi) is 3.41. The highest BCUT2D eigenvalue weighted by Gasteiger charge is 2.23. The van der Waals surface area contributed by atoms with Crippen molar-refractivity contribution in [3.8, 4) is 5.75 Å². The Morgan fingerprint density at radius 2 is 2.19 bits per heavy atom. The number of carbonyl (C=O) groups is 1. The van der Waals surface area contributed by atoms with Crippen LogP contribution >= 0.6 is 0 Å². The highest BCUT2D eigenvalue weighted by atomic mass is 16.5. The maximum atomic E-state index is 10.4. The lowest BCUT2D eigenvalue weighted by molar-refractivity contribution is -0.108. The minimum absolute atomic E-state index is 0.184. The molecule has 2 N–H and O–H groups in total. The van der Waals surface area contributed by atoms with E-state index in [0.29, 0.717) is 6.54 Å². The molecule has 1 unspecified atom stereocenters. The van der Waals surface area contributed by atoms with E-state index in [1.54, 1.807) is 0 Å². The first kappa shape index (κ1) is 11.0. The summed E-state index contributed by atoms with van der Waals surface area (Å²) in [5, 5.41) is 0. The number of rotatable bonds is 4. The summed E-state index contributed by atoms with van der Waals surface area (Å²) in [7, 11) is 0. The summed E-state index contributed by atoms with van der Waals surface area (Å²) < 4.78 is 5.79. The molecular formula is C12H16N2O2. The molecule has 0 aliphatic carbocycles. The molecule has 2 rings (SSSR count). The average Bonchev–Trinajstić information content (AvgIpc) is 2.70. The van der Waals surface area contributed by atoms with Crippen LogP contribution in [0.2, 0.25) is 0 Å². The van der Waals surface area contributed by atoms with Gasteiger partial charge in [-0.05, 0) is 30.7 Å². The van der Waals surface area contributed by atoms with E-state index in [1.165, 1.54) is 0 Å². The molecule has 0 radical (unpaired) electrons. The number of anilines is 1. The van der Waals surface area contributed by atoms with Crippen LogP contribution in [-0.4, -0.2) is 36.9 Å². The lowest BCUT2D eigenvalue weighted by atomic mass is 10.3. The number of aldehydes is 1. The fraction of sp³-hybridized carbons (Fsp3) is 0.417. The van der Waals surface area contributed by atoms with Crippen molar-refractivity contribution in [2.75, 3.05) is 25.4 Å². The molecule has 1 atom stereocenters. The standard InChI is InChI=1S/C12H16N2O2/c13-10-1-3-11(4-2-10)16-12-5-6-14(9-12)7-8-15/h1-4,8,12H,5-7,9,13H2. The summed E-state index contributed by atoms with van der Waals surface area (Å²) in [6, 6.07) is 7.40. The number of carbonyl (C=O) groups excluding carboxylic acids is 1. The van der Waals surface area contributed by atoms with Crippen LogP contribution in [0, 0.1) is 0 Å². The van der Waals surface area contributed by atoms with Gasteiger partial charge in [0.15, 0.2) is 0 Å². The van der Waals surface area contributed by atoms with Gasteiger partial charge in [0.05, 0.1) is 6.54 Å². The number of ether oxygens (including phenoxy) is 1. The van der Waals surface area contributed by atoms with Crippen molar-refractivity contribution >= 4 is 12.0 Å². The van der Waals surface area contributed by atoms with Gasteiger partial charge in [-0.3, -0.25) is 4.90 Å².